The fourth-order valence-corrected chi connectivity index (χ4v) is 4.12. The predicted octanol–water partition coefficient (Wildman–Crippen LogP) is 2.97. The minimum Gasteiger partial charge on any atom is -0.507 e. The number of hydrogen-bond donors (Lipinski definition) is 1. The second-order valence-corrected chi connectivity index (χ2v) is 6.92. The van der Waals surface area contributed by atoms with Crippen molar-refractivity contribution in [3.8, 4) is 11.5 Å². The summed E-state index contributed by atoms with van der Waals surface area (Å²) in [5.41, 5.74) is 0. The van der Waals surface area contributed by atoms with Gasteiger partial charge in [-0.05, 0) is 51.3 Å². The lowest BCUT2D eigenvalue weighted by atomic mass is 10.3. The zero-order valence-corrected chi connectivity index (χ0v) is 14.2. The Bertz CT molecular complexity index is 388. The van der Waals surface area contributed by atoms with Crippen LogP contribution in [0.2, 0.25) is 0 Å². The Morgan fingerprint density at radius 1 is 0.952 bits per heavy atom. The standard InChI is InChI=1S/C16H27O4P/c1-4-18-9-11-21(12-10-19-5-2)16-13-14(20-6-3)7-8-15(16)17/h7-8,13,17H,4-6,9-12H2,1-3H3. The highest BCUT2D eigenvalue weighted by molar-refractivity contribution is 7.65. The van der Waals surface area contributed by atoms with Crippen LogP contribution in [0.1, 0.15) is 20.8 Å². The Balaban J connectivity index is 2.80. The molecule has 120 valence electrons. The number of benzene rings is 1. The van der Waals surface area contributed by atoms with Gasteiger partial charge in [-0.1, -0.05) is 7.92 Å². The number of ether oxygens (including phenoxy) is 3. The minimum absolute atomic E-state index is 0.345. The number of phenolic OH excluding ortho intramolecular Hbond substituents is 1. The van der Waals surface area contributed by atoms with Gasteiger partial charge in [0.05, 0.1) is 19.8 Å². The van der Waals surface area contributed by atoms with Crippen molar-refractivity contribution in [2.75, 3.05) is 45.4 Å². The van der Waals surface area contributed by atoms with Gasteiger partial charge in [-0.3, -0.25) is 0 Å². The first-order valence-corrected chi connectivity index (χ1v) is 9.30. The lowest BCUT2D eigenvalue weighted by molar-refractivity contribution is 0.160. The van der Waals surface area contributed by atoms with Crippen LogP contribution in [0.5, 0.6) is 11.5 Å². The second-order valence-electron chi connectivity index (χ2n) is 4.46. The SMILES string of the molecule is CCOCCP(CCOCC)c1cc(OCC)ccc1O. The maximum absolute atomic E-state index is 10.2. The van der Waals surface area contributed by atoms with Gasteiger partial charge in [-0.25, -0.2) is 0 Å². The highest BCUT2D eigenvalue weighted by Crippen LogP contribution is 2.38. The zero-order chi connectivity index (χ0) is 15.5. The molecule has 0 aliphatic carbocycles. The van der Waals surface area contributed by atoms with Crippen LogP contribution < -0.4 is 10.0 Å². The van der Waals surface area contributed by atoms with Crippen molar-refractivity contribution in [3.63, 3.8) is 0 Å². The fourth-order valence-electron chi connectivity index (χ4n) is 2.00. The molecule has 0 saturated carbocycles. The van der Waals surface area contributed by atoms with Crippen molar-refractivity contribution >= 4 is 13.2 Å². The molecule has 0 bridgehead atoms. The summed E-state index contributed by atoms with van der Waals surface area (Å²) in [7, 11) is -0.507. The fraction of sp³-hybridized carbons (Fsp3) is 0.625. The maximum Gasteiger partial charge on any atom is 0.123 e. The van der Waals surface area contributed by atoms with E-state index in [-0.39, 0.29) is 0 Å². The summed E-state index contributed by atoms with van der Waals surface area (Å²) >= 11 is 0. The zero-order valence-electron chi connectivity index (χ0n) is 13.3. The van der Waals surface area contributed by atoms with E-state index < -0.39 is 7.92 Å². The molecule has 1 aromatic rings. The Hall–Kier alpha value is -0.830. The van der Waals surface area contributed by atoms with Crippen LogP contribution in [0.3, 0.4) is 0 Å². The quantitative estimate of drug-likeness (QED) is 0.504. The topological polar surface area (TPSA) is 47.9 Å². The van der Waals surface area contributed by atoms with E-state index in [4.69, 9.17) is 14.2 Å². The average Bonchev–Trinajstić information content (AvgIpc) is 2.48. The van der Waals surface area contributed by atoms with Gasteiger partial charge in [0.25, 0.3) is 0 Å². The smallest absolute Gasteiger partial charge is 0.123 e. The lowest BCUT2D eigenvalue weighted by Gasteiger charge is -2.20. The summed E-state index contributed by atoms with van der Waals surface area (Å²) in [5.74, 6) is 1.16. The largest absolute Gasteiger partial charge is 0.507 e. The van der Waals surface area contributed by atoms with Crippen molar-refractivity contribution in [1.82, 2.24) is 0 Å². The molecule has 0 fully saturated rings. The van der Waals surface area contributed by atoms with Crippen molar-refractivity contribution < 1.29 is 19.3 Å². The third kappa shape index (κ3) is 6.64. The molecule has 0 radical (unpaired) electrons. The van der Waals surface area contributed by atoms with Gasteiger partial charge < -0.3 is 19.3 Å². The summed E-state index contributed by atoms with van der Waals surface area (Å²) in [5, 5.41) is 11.1. The summed E-state index contributed by atoms with van der Waals surface area (Å²) in [6.45, 7) is 9.45. The van der Waals surface area contributed by atoms with E-state index in [0.717, 1.165) is 36.6 Å². The van der Waals surface area contributed by atoms with E-state index in [1.807, 2.05) is 26.8 Å². The van der Waals surface area contributed by atoms with Crippen LogP contribution in [0.25, 0.3) is 0 Å². The molecule has 0 aliphatic heterocycles. The molecule has 1 N–H and O–H groups in total. The molecule has 21 heavy (non-hydrogen) atoms. The van der Waals surface area contributed by atoms with Gasteiger partial charge >= 0.3 is 0 Å². The third-order valence-electron chi connectivity index (χ3n) is 3.02. The predicted molar refractivity (Wildman–Crippen MR) is 88.5 cm³/mol. The minimum atomic E-state index is -0.507. The number of rotatable bonds is 11. The van der Waals surface area contributed by atoms with Crippen LogP contribution >= 0.6 is 7.92 Å². The molecule has 0 heterocycles. The van der Waals surface area contributed by atoms with Crippen molar-refractivity contribution in [3.05, 3.63) is 18.2 Å². The van der Waals surface area contributed by atoms with Crippen LogP contribution in [0, 0.1) is 0 Å². The molecule has 1 rings (SSSR count). The molecule has 0 aliphatic rings. The van der Waals surface area contributed by atoms with Gasteiger partial charge in [0.15, 0.2) is 0 Å². The average molecular weight is 314 g/mol. The summed E-state index contributed by atoms with van der Waals surface area (Å²) in [4.78, 5) is 0. The van der Waals surface area contributed by atoms with Gasteiger partial charge in [0.2, 0.25) is 0 Å². The molecule has 0 unspecified atom stereocenters. The lowest BCUT2D eigenvalue weighted by Crippen LogP contribution is -2.14. The molecule has 0 atom stereocenters. The van der Waals surface area contributed by atoms with Gasteiger partial charge in [-0.2, -0.15) is 0 Å². The monoisotopic (exact) mass is 314 g/mol. The van der Waals surface area contributed by atoms with Gasteiger partial charge in [0.1, 0.15) is 11.5 Å². The van der Waals surface area contributed by atoms with Gasteiger partial charge in [0, 0.05) is 18.5 Å². The molecule has 1 aromatic carbocycles. The van der Waals surface area contributed by atoms with Gasteiger partial charge in [-0.15, -0.1) is 0 Å². The summed E-state index contributed by atoms with van der Waals surface area (Å²) in [6, 6.07) is 5.49. The molecular weight excluding hydrogens is 287 g/mol. The Labute approximate surface area is 129 Å². The van der Waals surface area contributed by atoms with Crippen LogP contribution in [0.4, 0.5) is 0 Å². The molecule has 4 nitrogen and oxygen atoms in total. The molecule has 0 saturated heterocycles. The second kappa shape index (κ2) is 10.8. The highest BCUT2D eigenvalue weighted by Gasteiger charge is 2.16. The Morgan fingerprint density at radius 2 is 1.57 bits per heavy atom. The normalized spacial score (nSPS) is 11.0. The first kappa shape index (κ1) is 18.2. The first-order valence-electron chi connectivity index (χ1n) is 7.59. The van der Waals surface area contributed by atoms with E-state index in [0.29, 0.717) is 25.6 Å². The first-order chi connectivity index (χ1) is 10.2. The third-order valence-corrected chi connectivity index (χ3v) is 5.50. The Morgan fingerprint density at radius 3 is 2.10 bits per heavy atom. The van der Waals surface area contributed by atoms with Crippen LogP contribution in [0.15, 0.2) is 18.2 Å². The highest BCUT2D eigenvalue weighted by atomic mass is 31.1. The molecule has 0 amide bonds. The molecule has 0 aromatic heterocycles. The maximum atomic E-state index is 10.2. The summed E-state index contributed by atoms with van der Waals surface area (Å²) in [6.07, 6.45) is 1.86. The van der Waals surface area contributed by atoms with Crippen LogP contribution in [-0.4, -0.2) is 50.5 Å². The summed E-state index contributed by atoms with van der Waals surface area (Å²) < 4.78 is 16.5. The van der Waals surface area contributed by atoms with E-state index >= 15 is 0 Å². The van der Waals surface area contributed by atoms with Crippen molar-refractivity contribution in [1.29, 1.82) is 0 Å². The number of phenols is 1. The van der Waals surface area contributed by atoms with Crippen molar-refractivity contribution in [2.45, 2.75) is 20.8 Å². The molecule has 5 heteroatoms. The van der Waals surface area contributed by atoms with Crippen LogP contribution in [-0.2, 0) is 9.47 Å². The van der Waals surface area contributed by atoms with E-state index in [1.165, 1.54) is 0 Å². The number of aromatic hydroxyl groups is 1. The molecular formula is C16H27O4P. The van der Waals surface area contributed by atoms with E-state index in [9.17, 15) is 5.11 Å². The molecule has 0 spiro atoms. The Kier molecular flexibility index (Phi) is 9.40. The van der Waals surface area contributed by atoms with E-state index in [2.05, 4.69) is 0 Å². The number of hydrogen-bond acceptors (Lipinski definition) is 4. The van der Waals surface area contributed by atoms with Crippen molar-refractivity contribution in [2.24, 2.45) is 0 Å². The van der Waals surface area contributed by atoms with E-state index in [1.54, 1.807) is 12.1 Å².